The van der Waals surface area contributed by atoms with Gasteiger partial charge >= 0.3 is 15.2 Å². The van der Waals surface area contributed by atoms with Crippen molar-refractivity contribution in [3.05, 3.63) is 41.9 Å². The van der Waals surface area contributed by atoms with Crippen molar-refractivity contribution in [2.24, 2.45) is 0 Å². The van der Waals surface area contributed by atoms with E-state index in [9.17, 15) is 19.1 Å². The van der Waals surface area contributed by atoms with Crippen LogP contribution in [0.25, 0.3) is 11.2 Å². The monoisotopic (exact) mass is 580 g/mol. The van der Waals surface area contributed by atoms with E-state index < -0.39 is 61.3 Å². The maximum absolute atomic E-state index is 15.0. The number of nitrogens with one attached hydrogen (secondary N) is 1. The van der Waals surface area contributed by atoms with Gasteiger partial charge < -0.3 is 34.0 Å². The summed E-state index contributed by atoms with van der Waals surface area (Å²) in [5, 5.41) is 11.2. The first-order chi connectivity index (χ1) is 16.8. The van der Waals surface area contributed by atoms with Crippen LogP contribution in [0.2, 0.25) is 11.8 Å². The lowest BCUT2D eigenvalue weighted by molar-refractivity contribution is -0.0425. The van der Waals surface area contributed by atoms with E-state index >= 15 is 4.39 Å². The zero-order chi connectivity index (χ0) is 26.3. The van der Waals surface area contributed by atoms with Crippen LogP contribution in [-0.4, -0.2) is 79.2 Å². The van der Waals surface area contributed by atoms with Crippen molar-refractivity contribution in [1.82, 2.24) is 19.5 Å². The second kappa shape index (κ2) is 10.5. The number of anilines is 1. The fourth-order valence-corrected chi connectivity index (χ4v) is 7.73. The van der Waals surface area contributed by atoms with Gasteiger partial charge in [-0.2, -0.15) is 9.97 Å². The van der Waals surface area contributed by atoms with Gasteiger partial charge in [0.2, 0.25) is 14.2 Å². The Kier molecular flexibility index (Phi) is 7.98. The second-order valence-corrected chi connectivity index (χ2v) is 14.4. The molecule has 0 spiro atoms. The molecule has 1 aromatic carbocycles. The molecule has 0 amide bonds. The van der Waals surface area contributed by atoms with Gasteiger partial charge in [0, 0.05) is 0 Å². The van der Waals surface area contributed by atoms with Gasteiger partial charge in [0.1, 0.15) is 17.7 Å². The van der Waals surface area contributed by atoms with Crippen molar-refractivity contribution < 1.29 is 42.6 Å². The summed E-state index contributed by atoms with van der Waals surface area (Å²) in [4.78, 5) is 43.3. The van der Waals surface area contributed by atoms with E-state index in [0.717, 1.165) is 5.19 Å². The Balaban J connectivity index is 1.55. The predicted octanol–water partition coefficient (Wildman–Crippen LogP) is 1.35. The molecule has 18 heteroatoms. The van der Waals surface area contributed by atoms with Crippen LogP contribution < -0.4 is 10.2 Å². The summed E-state index contributed by atoms with van der Waals surface area (Å²) in [6, 6.07) is 9.66. The number of ether oxygens (including phenoxy) is 1. The molecule has 1 aliphatic rings. The molecule has 1 radical (unpaired) electrons. The lowest BCUT2D eigenvalue weighted by Gasteiger charge is -2.18. The van der Waals surface area contributed by atoms with Gasteiger partial charge in [-0.15, -0.1) is 0 Å². The van der Waals surface area contributed by atoms with Gasteiger partial charge in [-0.25, -0.2) is 9.37 Å². The first kappa shape index (κ1) is 27.3. The van der Waals surface area contributed by atoms with Crippen LogP contribution in [0.1, 0.15) is 6.23 Å². The Morgan fingerprint density at radius 3 is 2.61 bits per heavy atom. The zero-order valence-electron chi connectivity index (χ0n) is 18.5. The normalized spacial score (nSPS) is 24.3. The molecular formula is C18H22ClFN5O8P2Si. The number of aromatic nitrogens is 4. The maximum Gasteiger partial charge on any atom is 0.340 e. The van der Waals surface area contributed by atoms with Crippen LogP contribution in [0.4, 0.5) is 10.2 Å². The van der Waals surface area contributed by atoms with Crippen molar-refractivity contribution in [3.8, 4) is 0 Å². The standard InChI is InChI=1S/C18H22ClFN5O8P2Si/c1-36(10-5-3-2-4-6-10)24-15-13-16(23-18(19)22-15)25(8-21-13)17-12(20)14(26)11(33-17)7-32-35(30,31)9-34(27,28)29/h2-6,8,11-12,14,17,26H,7,9H2,1H3,(H,30,31)(H,22,23,24)(H2,27,28,29)/t11-,12+,14-,17-/m1/s1. The Hall–Kier alpha value is -1.77. The Bertz CT molecular complexity index is 1330. The summed E-state index contributed by atoms with van der Waals surface area (Å²) in [6.07, 6.45) is -5.42. The minimum Gasteiger partial charge on any atom is -0.390 e. The van der Waals surface area contributed by atoms with Crippen molar-refractivity contribution in [1.29, 1.82) is 0 Å². The molecule has 2 aromatic heterocycles. The smallest absolute Gasteiger partial charge is 0.340 e. The van der Waals surface area contributed by atoms with Gasteiger partial charge in [0.15, 0.2) is 29.8 Å². The highest BCUT2D eigenvalue weighted by Gasteiger charge is 2.47. The third kappa shape index (κ3) is 6.19. The second-order valence-electron chi connectivity index (χ2n) is 8.02. The highest BCUT2D eigenvalue weighted by atomic mass is 35.5. The highest BCUT2D eigenvalue weighted by molar-refractivity contribution is 7.70. The van der Waals surface area contributed by atoms with E-state index in [1.54, 1.807) is 0 Å². The molecule has 0 saturated carbocycles. The molecule has 1 unspecified atom stereocenters. The van der Waals surface area contributed by atoms with Gasteiger partial charge in [-0.1, -0.05) is 30.3 Å². The number of halogens is 2. The van der Waals surface area contributed by atoms with Gasteiger partial charge in [-0.3, -0.25) is 13.7 Å². The molecule has 5 N–H and O–H groups in total. The topological polar surface area (TPSA) is 189 Å². The summed E-state index contributed by atoms with van der Waals surface area (Å²) in [7, 11) is -10.9. The Labute approximate surface area is 210 Å². The molecule has 1 saturated heterocycles. The summed E-state index contributed by atoms with van der Waals surface area (Å²) < 4.78 is 49.3. The van der Waals surface area contributed by atoms with Crippen LogP contribution in [0.15, 0.2) is 36.7 Å². The number of nitrogens with zero attached hydrogens (tertiary/aromatic N) is 4. The Morgan fingerprint density at radius 1 is 1.25 bits per heavy atom. The number of aliphatic hydroxyl groups is 1. The van der Waals surface area contributed by atoms with E-state index in [4.69, 9.17) is 26.1 Å². The number of benzene rings is 1. The number of hydrogen-bond donors (Lipinski definition) is 5. The predicted molar refractivity (Wildman–Crippen MR) is 129 cm³/mol. The van der Waals surface area contributed by atoms with Crippen LogP contribution in [-0.2, 0) is 18.4 Å². The lowest BCUT2D eigenvalue weighted by Crippen LogP contribution is -2.35. The molecule has 5 atom stereocenters. The lowest BCUT2D eigenvalue weighted by atomic mass is 10.1. The van der Waals surface area contributed by atoms with Crippen molar-refractivity contribution in [2.75, 3.05) is 17.5 Å². The molecule has 36 heavy (non-hydrogen) atoms. The molecule has 1 aliphatic heterocycles. The van der Waals surface area contributed by atoms with Crippen LogP contribution in [0.3, 0.4) is 0 Å². The third-order valence-electron chi connectivity index (χ3n) is 5.28. The first-order valence-electron chi connectivity index (χ1n) is 10.4. The zero-order valence-corrected chi connectivity index (χ0v) is 22.1. The van der Waals surface area contributed by atoms with E-state index in [1.165, 1.54) is 10.9 Å². The molecular weight excluding hydrogens is 559 g/mol. The minimum absolute atomic E-state index is 0.121. The SMILES string of the molecule is C[Si](Nc1nc(Cl)nc2c1ncn2[C@@H]1O[C@H](COP(=O)(O)CP(=O)(O)O)[C@@H](O)[C@@H]1F)c1ccccc1. The molecule has 0 aliphatic carbocycles. The van der Waals surface area contributed by atoms with Crippen LogP contribution >= 0.6 is 26.8 Å². The molecule has 3 aromatic rings. The summed E-state index contributed by atoms with van der Waals surface area (Å²) >= 11 is 6.12. The summed E-state index contributed by atoms with van der Waals surface area (Å²) in [6.45, 7) is 1.21. The van der Waals surface area contributed by atoms with Crippen LogP contribution in [0, 0.1) is 0 Å². The first-order valence-corrected chi connectivity index (χ1v) is 16.3. The highest BCUT2D eigenvalue weighted by Crippen LogP contribution is 2.55. The molecule has 1 fully saturated rings. The number of rotatable bonds is 9. The Morgan fingerprint density at radius 2 is 1.94 bits per heavy atom. The van der Waals surface area contributed by atoms with Gasteiger partial charge in [-0.05, 0) is 23.3 Å². The maximum atomic E-state index is 15.0. The minimum atomic E-state index is -4.85. The van der Waals surface area contributed by atoms with E-state index in [-0.39, 0.29) is 16.4 Å². The van der Waals surface area contributed by atoms with Crippen molar-refractivity contribution in [2.45, 2.75) is 31.2 Å². The number of hydrogen-bond acceptors (Lipinski definition) is 9. The van der Waals surface area contributed by atoms with E-state index in [0.29, 0.717) is 5.82 Å². The quantitative estimate of drug-likeness (QED) is 0.139. The van der Waals surface area contributed by atoms with E-state index in [1.807, 2.05) is 36.9 Å². The fourth-order valence-electron chi connectivity index (χ4n) is 3.63. The molecule has 0 bridgehead atoms. The van der Waals surface area contributed by atoms with Gasteiger partial charge in [0.05, 0.1) is 12.9 Å². The molecule has 4 rings (SSSR count). The van der Waals surface area contributed by atoms with Gasteiger partial charge in [0.25, 0.3) is 0 Å². The van der Waals surface area contributed by atoms with Crippen molar-refractivity contribution >= 4 is 57.9 Å². The third-order valence-corrected chi connectivity index (χ3v) is 10.7. The average Bonchev–Trinajstić information content (AvgIpc) is 3.32. The summed E-state index contributed by atoms with van der Waals surface area (Å²) in [5.74, 6) is -1.09. The summed E-state index contributed by atoms with van der Waals surface area (Å²) in [5.41, 5.74) is 0.405. The van der Waals surface area contributed by atoms with Crippen LogP contribution in [0.5, 0.6) is 0 Å². The molecule has 195 valence electrons. The number of fused-ring (bicyclic) bond motifs is 1. The fraction of sp³-hybridized carbons (Fsp3) is 0.389. The van der Waals surface area contributed by atoms with Crippen molar-refractivity contribution in [3.63, 3.8) is 0 Å². The molecule has 13 nitrogen and oxygen atoms in total. The number of imidazole rings is 1. The average molecular weight is 581 g/mol. The molecule has 3 heterocycles. The number of alkyl halides is 1. The number of aliphatic hydroxyl groups excluding tert-OH is 1. The largest absolute Gasteiger partial charge is 0.390 e. The van der Waals surface area contributed by atoms with E-state index in [2.05, 4.69) is 24.5 Å².